The molecule has 0 bridgehead atoms. The van der Waals surface area contributed by atoms with Crippen LogP contribution >= 0.6 is 58.0 Å². The molecular weight excluding hydrogens is 225 g/mol. The molecule has 0 aromatic carbocycles. The van der Waals surface area contributed by atoms with Crippen molar-refractivity contribution in [2.75, 3.05) is 5.88 Å². The molecule has 0 spiro atoms. The van der Waals surface area contributed by atoms with Gasteiger partial charge in [-0.25, -0.2) is 0 Å². The van der Waals surface area contributed by atoms with E-state index in [1.165, 1.54) is 0 Å². The number of hydrogen-bond donors (Lipinski definition) is 0. The molecule has 0 nitrogen and oxygen atoms in total. The Balaban J connectivity index is 4.14. The summed E-state index contributed by atoms with van der Waals surface area (Å²) < 4.78 is -1.25. The zero-order chi connectivity index (χ0) is 7.49. The van der Waals surface area contributed by atoms with Crippen molar-refractivity contribution in [3.8, 4) is 0 Å². The van der Waals surface area contributed by atoms with Gasteiger partial charge in [-0.3, -0.25) is 0 Å². The molecule has 9 heavy (non-hydrogen) atoms. The maximum absolute atomic E-state index is 5.52. The van der Waals surface area contributed by atoms with Crippen LogP contribution in [-0.2, 0) is 0 Å². The van der Waals surface area contributed by atoms with Crippen LogP contribution in [-0.4, -0.2) is 10.2 Å². The van der Waals surface area contributed by atoms with E-state index in [1.807, 2.05) is 0 Å². The normalized spacial score (nSPS) is 14.1. The van der Waals surface area contributed by atoms with E-state index < -0.39 is 4.33 Å². The number of halogens is 5. The summed E-state index contributed by atoms with van der Waals surface area (Å²) in [7, 11) is 0. The lowest BCUT2D eigenvalue weighted by Crippen LogP contribution is -2.14. The fourth-order valence-corrected chi connectivity index (χ4v) is 0.830. The van der Waals surface area contributed by atoms with Gasteiger partial charge < -0.3 is 0 Å². The first-order valence-corrected chi connectivity index (χ1v) is 4.05. The van der Waals surface area contributed by atoms with E-state index >= 15 is 0 Å². The Morgan fingerprint density at radius 3 is 2.00 bits per heavy atom. The van der Waals surface area contributed by atoms with Gasteiger partial charge in [-0.15, -0.1) is 11.6 Å². The molecule has 0 aliphatic heterocycles. The van der Waals surface area contributed by atoms with Gasteiger partial charge in [-0.05, 0) is 0 Å². The van der Waals surface area contributed by atoms with Crippen molar-refractivity contribution in [1.82, 2.24) is 0 Å². The van der Waals surface area contributed by atoms with Gasteiger partial charge in [0.2, 0.25) is 0 Å². The Bertz CT molecular complexity index is 116. The molecule has 0 radical (unpaired) electrons. The highest BCUT2D eigenvalue weighted by atomic mass is 35.5. The average molecular weight is 228 g/mol. The lowest BCUT2D eigenvalue weighted by Gasteiger charge is -2.12. The third-order valence-corrected chi connectivity index (χ3v) is 2.92. The second-order valence-electron chi connectivity index (χ2n) is 1.30. The highest BCUT2D eigenvalue weighted by Crippen LogP contribution is 2.34. The topological polar surface area (TPSA) is 0 Å². The van der Waals surface area contributed by atoms with Crippen LogP contribution in [0.5, 0.6) is 0 Å². The van der Waals surface area contributed by atoms with E-state index in [-0.39, 0.29) is 10.9 Å². The highest BCUT2D eigenvalue weighted by molar-refractivity contribution is 6.59. The molecule has 0 heterocycles. The summed E-state index contributed by atoms with van der Waals surface area (Å²) in [6.45, 7) is 0. The van der Waals surface area contributed by atoms with Crippen LogP contribution in [0.25, 0.3) is 0 Å². The minimum absolute atomic E-state index is 0.0121. The van der Waals surface area contributed by atoms with E-state index in [2.05, 4.69) is 0 Å². The quantitative estimate of drug-likeness (QED) is 0.632. The van der Waals surface area contributed by atoms with E-state index in [0.717, 1.165) is 5.54 Å². The summed E-state index contributed by atoms with van der Waals surface area (Å²) in [6.07, 6.45) is 0. The molecular formula is C4H3Cl5. The van der Waals surface area contributed by atoms with E-state index in [0.29, 0.717) is 0 Å². The summed E-state index contributed by atoms with van der Waals surface area (Å²) >= 11 is 27.0. The fourth-order valence-electron chi connectivity index (χ4n) is 0.144. The zero-order valence-corrected chi connectivity index (χ0v) is 7.95. The second kappa shape index (κ2) is 4.15. The van der Waals surface area contributed by atoms with Crippen LogP contribution in [0.15, 0.2) is 10.6 Å². The van der Waals surface area contributed by atoms with Gasteiger partial charge in [-0.2, -0.15) is 0 Å². The van der Waals surface area contributed by atoms with Crippen molar-refractivity contribution in [3.05, 3.63) is 10.6 Å². The second-order valence-corrected chi connectivity index (χ2v) is 3.67. The van der Waals surface area contributed by atoms with Gasteiger partial charge in [0.15, 0.2) is 4.33 Å². The maximum atomic E-state index is 5.52. The predicted molar refractivity (Wildman–Crippen MR) is 44.9 cm³/mol. The Kier molecular flexibility index (Phi) is 4.70. The lowest BCUT2D eigenvalue weighted by atomic mass is 10.4. The summed E-state index contributed by atoms with van der Waals surface area (Å²) in [4.78, 5) is 0. The molecule has 0 aromatic heterocycles. The van der Waals surface area contributed by atoms with Crippen molar-refractivity contribution in [3.63, 3.8) is 0 Å². The summed E-state index contributed by atoms with van der Waals surface area (Å²) in [5, 5.41) is 0.127. The Hall–Kier alpha value is 1.19. The van der Waals surface area contributed by atoms with Gasteiger partial charge >= 0.3 is 0 Å². The SMILES string of the molecule is Cl/C=C(/Cl)C(Cl)(Cl)CCl. The Morgan fingerprint density at radius 2 is 1.89 bits per heavy atom. The Morgan fingerprint density at radius 1 is 1.44 bits per heavy atom. The largest absolute Gasteiger partial charge is 0.167 e. The molecule has 0 aliphatic rings. The molecule has 0 unspecified atom stereocenters. The molecule has 0 fully saturated rings. The third-order valence-electron chi connectivity index (χ3n) is 0.613. The molecule has 54 valence electrons. The third kappa shape index (κ3) is 3.20. The molecule has 0 aromatic rings. The van der Waals surface area contributed by atoms with Crippen LogP contribution in [0, 0.1) is 0 Å². The first kappa shape index (κ1) is 10.2. The van der Waals surface area contributed by atoms with Crippen molar-refractivity contribution >= 4 is 58.0 Å². The van der Waals surface area contributed by atoms with Crippen LogP contribution in [0.4, 0.5) is 0 Å². The molecule has 0 amide bonds. The van der Waals surface area contributed by atoms with E-state index in [9.17, 15) is 0 Å². The molecule has 0 atom stereocenters. The van der Waals surface area contributed by atoms with E-state index in [1.54, 1.807) is 0 Å². The Labute approximate surface area is 78.7 Å². The highest BCUT2D eigenvalue weighted by Gasteiger charge is 2.26. The first-order chi connectivity index (χ1) is 4.04. The van der Waals surface area contributed by atoms with Crippen LogP contribution in [0.3, 0.4) is 0 Å². The first-order valence-electron chi connectivity index (χ1n) is 1.94. The van der Waals surface area contributed by atoms with Gasteiger partial charge in [0.25, 0.3) is 0 Å². The maximum Gasteiger partial charge on any atom is 0.167 e. The van der Waals surface area contributed by atoms with Gasteiger partial charge in [0, 0.05) is 5.54 Å². The van der Waals surface area contributed by atoms with Crippen LogP contribution in [0.2, 0.25) is 0 Å². The van der Waals surface area contributed by atoms with Crippen molar-refractivity contribution in [2.45, 2.75) is 4.33 Å². The smallest absolute Gasteiger partial charge is 0.123 e. The molecule has 0 rings (SSSR count). The van der Waals surface area contributed by atoms with Gasteiger partial charge in [0.1, 0.15) is 0 Å². The van der Waals surface area contributed by atoms with Crippen LogP contribution in [0.1, 0.15) is 0 Å². The average Bonchev–Trinajstić information content (AvgIpc) is 1.86. The summed E-state index contributed by atoms with van der Waals surface area (Å²) in [6, 6.07) is 0. The predicted octanol–water partition coefficient (Wildman–Crippen LogP) is 3.72. The standard InChI is InChI=1S/C4H3Cl5/c5-1-3(7)4(8,9)2-6/h1H,2H2/b3-1+. The van der Waals surface area contributed by atoms with Crippen molar-refractivity contribution in [2.24, 2.45) is 0 Å². The summed E-state index contributed by atoms with van der Waals surface area (Å²) in [5.41, 5.74) is 1.09. The summed E-state index contributed by atoms with van der Waals surface area (Å²) in [5.74, 6) is 0.0121. The van der Waals surface area contributed by atoms with E-state index in [4.69, 9.17) is 58.0 Å². The zero-order valence-electron chi connectivity index (χ0n) is 4.17. The monoisotopic (exact) mass is 226 g/mol. The van der Waals surface area contributed by atoms with Gasteiger partial charge in [-0.1, -0.05) is 46.4 Å². The minimum Gasteiger partial charge on any atom is -0.123 e. The lowest BCUT2D eigenvalue weighted by molar-refractivity contribution is 1.11. The molecule has 0 aliphatic carbocycles. The van der Waals surface area contributed by atoms with Crippen LogP contribution < -0.4 is 0 Å². The molecule has 0 saturated heterocycles. The molecule has 0 saturated carbocycles. The number of allylic oxidation sites excluding steroid dienone is 1. The van der Waals surface area contributed by atoms with Gasteiger partial charge in [0.05, 0.1) is 10.9 Å². The van der Waals surface area contributed by atoms with Crippen molar-refractivity contribution in [1.29, 1.82) is 0 Å². The number of hydrogen-bond acceptors (Lipinski definition) is 0. The number of rotatable bonds is 2. The molecule has 0 N–H and O–H groups in total. The molecule has 5 heteroatoms. The number of alkyl halides is 3. The van der Waals surface area contributed by atoms with Crippen molar-refractivity contribution < 1.29 is 0 Å². The minimum atomic E-state index is -1.25. The fraction of sp³-hybridized carbons (Fsp3) is 0.500.